The minimum atomic E-state index is -2.25. The summed E-state index contributed by atoms with van der Waals surface area (Å²) in [5, 5.41) is 0. The van der Waals surface area contributed by atoms with Crippen molar-refractivity contribution in [3.63, 3.8) is 0 Å². The highest BCUT2D eigenvalue weighted by Gasteiger charge is 2.30. The second-order valence-electron chi connectivity index (χ2n) is 5.13. The van der Waals surface area contributed by atoms with Crippen LogP contribution in [0.2, 0.25) is 13.1 Å². The predicted molar refractivity (Wildman–Crippen MR) is 81.1 cm³/mol. The van der Waals surface area contributed by atoms with Crippen LogP contribution in [0.5, 0.6) is 11.5 Å². The monoisotopic (exact) mass is 272 g/mol. The van der Waals surface area contributed by atoms with Crippen LogP contribution in [0.25, 0.3) is 0 Å². The first-order valence-electron chi connectivity index (χ1n) is 6.47. The third kappa shape index (κ3) is 3.61. The van der Waals surface area contributed by atoms with Crippen molar-refractivity contribution < 1.29 is 8.85 Å². The third-order valence-corrected chi connectivity index (χ3v) is 4.32. The van der Waals surface area contributed by atoms with Crippen LogP contribution >= 0.6 is 0 Å². The van der Waals surface area contributed by atoms with E-state index in [1.807, 2.05) is 62.4 Å². The molecule has 0 spiro atoms. The molecule has 3 heteroatoms. The summed E-state index contributed by atoms with van der Waals surface area (Å²) in [5.41, 5.74) is 2.27. The second kappa shape index (κ2) is 5.49. The van der Waals surface area contributed by atoms with Gasteiger partial charge in [0.25, 0.3) is 0 Å². The molecule has 0 radical (unpaired) electrons. The van der Waals surface area contributed by atoms with Gasteiger partial charge in [-0.15, -0.1) is 0 Å². The van der Waals surface area contributed by atoms with E-state index in [-0.39, 0.29) is 0 Å². The fourth-order valence-corrected chi connectivity index (χ4v) is 3.45. The number of para-hydroxylation sites is 2. The summed E-state index contributed by atoms with van der Waals surface area (Å²) >= 11 is 0. The van der Waals surface area contributed by atoms with Gasteiger partial charge >= 0.3 is 8.56 Å². The van der Waals surface area contributed by atoms with E-state index in [9.17, 15) is 0 Å². The summed E-state index contributed by atoms with van der Waals surface area (Å²) in [6.07, 6.45) is 0. The van der Waals surface area contributed by atoms with Gasteiger partial charge in [0.1, 0.15) is 11.5 Å². The molecule has 0 unspecified atom stereocenters. The Hall–Kier alpha value is -1.74. The Morgan fingerprint density at radius 3 is 1.42 bits per heavy atom. The van der Waals surface area contributed by atoms with Crippen molar-refractivity contribution in [3.8, 4) is 11.5 Å². The van der Waals surface area contributed by atoms with Crippen LogP contribution in [0, 0.1) is 13.8 Å². The van der Waals surface area contributed by atoms with Gasteiger partial charge in [-0.05, 0) is 37.1 Å². The predicted octanol–water partition coefficient (Wildman–Crippen LogP) is 4.46. The average molecular weight is 272 g/mol. The van der Waals surface area contributed by atoms with Gasteiger partial charge in [0, 0.05) is 13.1 Å². The van der Waals surface area contributed by atoms with Crippen LogP contribution in [0.4, 0.5) is 0 Å². The van der Waals surface area contributed by atoms with E-state index in [1.165, 1.54) is 0 Å². The molecule has 0 aliphatic heterocycles. The van der Waals surface area contributed by atoms with Gasteiger partial charge in [-0.3, -0.25) is 0 Å². The Morgan fingerprint density at radius 1 is 0.684 bits per heavy atom. The maximum atomic E-state index is 6.11. The fraction of sp³-hybridized carbons (Fsp3) is 0.250. The van der Waals surface area contributed by atoms with E-state index in [0.29, 0.717) is 0 Å². The molecular weight excluding hydrogens is 252 g/mol. The molecule has 0 aliphatic carbocycles. The first kappa shape index (κ1) is 13.7. The van der Waals surface area contributed by atoms with Crippen molar-refractivity contribution in [2.75, 3.05) is 0 Å². The van der Waals surface area contributed by atoms with Crippen LogP contribution in [0.3, 0.4) is 0 Å². The van der Waals surface area contributed by atoms with Gasteiger partial charge in [0.05, 0.1) is 0 Å². The first-order valence-corrected chi connectivity index (χ1v) is 9.29. The first-order chi connectivity index (χ1) is 8.98. The van der Waals surface area contributed by atoms with Crippen molar-refractivity contribution >= 4 is 8.56 Å². The molecule has 0 amide bonds. The molecule has 19 heavy (non-hydrogen) atoms. The molecule has 2 aromatic rings. The Morgan fingerprint density at radius 2 is 1.05 bits per heavy atom. The molecule has 0 aliphatic rings. The Bertz CT molecular complexity index is 515. The number of hydrogen-bond donors (Lipinski definition) is 0. The highest BCUT2D eigenvalue weighted by molar-refractivity contribution is 6.66. The summed E-state index contributed by atoms with van der Waals surface area (Å²) < 4.78 is 12.2. The second-order valence-corrected chi connectivity index (χ2v) is 8.34. The molecule has 0 N–H and O–H groups in total. The molecule has 0 saturated heterocycles. The summed E-state index contributed by atoms with van der Waals surface area (Å²) in [7, 11) is -2.25. The van der Waals surface area contributed by atoms with Gasteiger partial charge in [-0.25, -0.2) is 0 Å². The van der Waals surface area contributed by atoms with Gasteiger partial charge in [0.15, 0.2) is 0 Å². The average Bonchev–Trinajstić information content (AvgIpc) is 2.35. The van der Waals surface area contributed by atoms with E-state index in [2.05, 4.69) is 13.1 Å². The smallest absolute Gasteiger partial charge is 0.454 e. The lowest BCUT2D eigenvalue weighted by atomic mass is 10.2. The number of rotatable bonds is 4. The van der Waals surface area contributed by atoms with E-state index in [0.717, 1.165) is 22.6 Å². The van der Waals surface area contributed by atoms with E-state index in [4.69, 9.17) is 8.85 Å². The Balaban J connectivity index is 2.15. The van der Waals surface area contributed by atoms with Crippen LogP contribution in [-0.2, 0) is 0 Å². The van der Waals surface area contributed by atoms with Crippen molar-refractivity contribution in [3.05, 3.63) is 59.7 Å². The van der Waals surface area contributed by atoms with E-state index >= 15 is 0 Å². The lowest BCUT2D eigenvalue weighted by Crippen LogP contribution is -2.42. The number of hydrogen-bond acceptors (Lipinski definition) is 2. The minimum absolute atomic E-state index is 0.910. The van der Waals surface area contributed by atoms with Crippen LogP contribution in [0.1, 0.15) is 11.1 Å². The summed E-state index contributed by atoms with van der Waals surface area (Å²) in [6, 6.07) is 16.1. The van der Waals surface area contributed by atoms with Crippen molar-refractivity contribution in [1.82, 2.24) is 0 Å². The largest absolute Gasteiger partial charge is 0.512 e. The standard InChI is InChI=1S/C16H20O2Si/c1-13-9-5-7-11-15(13)17-19(3,4)18-16-12-8-6-10-14(16)2/h5-12H,1-4H3. The highest BCUT2D eigenvalue weighted by atomic mass is 28.4. The molecule has 0 saturated carbocycles. The lowest BCUT2D eigenvalue weighted by Gasteiger charge is -2.26. The van der Waals surface area contributed by atoms with E-state index < -0.39 is 8.56 Å². The molecule has 2 rings (SSSR count). The minimum Gasteiger partial charge on any atom is -0.512 e. The molecule has 2 aromatic carbocycles. The number of aryl methyl sites for hydroxylation is 2. The molecule has 2 nitrogen and oxygen atoms in total. The molecule has 100 valence electrons. The Kier molecular flexibility index (Phi) is 3.95. The van der Waals surface area contributed by atoms with Gasteiger partial charge in [-0.1, -0.05) is 36.4 Å². The van der Waals surface area contributed by atoms with Crippen molar-refractivity contribution in [2.24, 2.45) is 0 Å². The zero-order chi connectivity index (χ0) is 13.9. The molecular formula is C16H20O2Si. The lowest BCUT2D eigenvalue weighted by molar-refractivity contribution is 0.396. The fourth-order valence-electron chi connectivity index (χ4n) is 1.89. The molecule has 0 aromatic heterocycles. The zero-order valence-electron chi connectivity index (χ0n) is 11.9. The van der Waals surface area contributed by atoms with E-state index in [1.54, 1.807) is 0 Å². The van der Waals surface area contributed by atoms with Gasteiger partial charge in [-0.2, -0.15) is 0 Å². The molecule has 0 atom stereocenters. The third-order valence-electron chi connectivity index (χ3n) is 2.90. The quantitative estimate of drug-likeness (QED) is 0.765. The van der Waals surface area contributed by atoms with Crippen LogP contribution < -0.4 is 8.85 Å². The normalized spacial score (nSPS) is 11.2. The van der Waals surface area contributed by atoms with Gasteiger partial charge in [0.2, 0.25) is 0 Å². The van der Waals surface area contributed by atoms with Gasteiger partial charge < -0.3 is 8.85 Å². The summed E-state index contributed by atoms with van der Waals surface area (Å²) in [5.74, 6) is 1.82. The molecule has 0 bridgehead atoms. The summed E-state index contributed by atoms with van der Waals surface area (Å²) in [6.45, 7) is 8.22. The highest BCUT2D eigenvalue weighted by Crippen LogP contribution is 2.25. The van der Waals surface area contributed by atoms with Crippen LogP contribution in [0.15, 0.2) is 48.5 Å². The Labute approximate surface area is 116 Å². The SMILES string of the molecule is Cc1ccccc1O[Si](C)(C)Oc1ccccc1C. The van der Waals surface area contributed by atoms with Crippen molar-refractivity contribution in [1.29, 1.82) is 0 Å². The number of benzene rings is 2. The topological polar surface area (TPSA) is 18.5 Å². The molecule has 0 fully saturated rings. The summed E-state index contributed by atoms with van der Waals surface area (Å²) in [4.78, 5) is 0. The maximum absolute atomic E-state index is 6.11. The van der Waals surface area contributed by atoms with Crippen LogP contribution in [-0.4, -0.2) is 8.56 Å². The molecule has 0 heterocycles. The maximum Gasteiger partial charge on any atom is 0.454 e. The zero-order valence-corrected chi connectivity index (χ0v) is 12.9. The van der Waals surface area contributed by atoms with Crippen molar-refractivity contribution in [2.45, 2.75) is 26.9 Å².